The topological polar surface area (TPSA) is 126 Å². The number of ether oxygens (including phenoxy) is 2. The molecule has 45 heavy (non-hydrogen) atoms. The number of benzene rings is 4. The second-order valence-corrected chi connectivity index (χ2v) is 11.2. The maximum atomic E-state index is 13.2. The minimum absolute atomic E-state index is 0.0464. The Morgan fingerprint density at radius 3 is 2.02 bits per heavy atom. The summed E-state index contributed by atoms with van der Waals surface area (Å²) in [4.78, 5) is 24.6. The van der Waals surface area contributed by atoms with Crippen molar-refractivity contribution in [3.63, 3.8) is 0 Å². The summed E-state index contributed by atoms with van der Waals surface area (Å²) in [5.41, 5.74) is 3.23. The first-order valence-electron chi connectivity index (χ1n) is 14.2. The fourth-order valence-electron chi connectivity index (χ4n) is 4.79. The number of methoxy groups -OCH3 is 2. The predicted octanol–water partition coefficient (Wildman–Crippen LogP) is 5.91. The van der Waals surface area contributed by atoms with E-state index in [0.717, 1.165) is 9.99 Å². The van der Waals surface area contributed by atoms with Crippen LogP contribution in [0.4, 0.5) is 34.4 Å². The van der Waals surface area contributed by atoms with E-state index in [9.17, 15) is 13.2 Å². The van der Waals surface area contributed by atoms with Crippen molar-refractivity contribution in [2.75, 3.05) is 40.6 Å². The lowest BCUT2D eigenvalue weighted by Gasteiger charge is -2.28. The summed E-state index contributed by atoms with van der Waals surface area (Å²) in [7, 11) is -0.168. The Labute approximate surface area is 263 Å². The zero-order valence-corrected chi connectivity index (χ0v) is 26.2. The minimum atomic E-state index is -3.25. The molecular weight excluding hydrogens is 592 g/mol. The zero-order chi connectivity index (χ0) is 31.9. The summed E-state index contributed by atoms with van der Waals surface area (Å²) in [5, 5.41) is 6.10. The molecule has 1 aromatic heterocycles. The Hall–Kier alpha value is -5.36. The first kappa shape index (κ1) is 31.1. The molecule has 4 aromatic carbocycles. The largest absolute Gasteiger partial charge is 0.497 e. The Kier molecular flexibility index (Phi) is 9.64. The molecule has 0 unspecified atom stereocenters. The fourth-order valence-corrected chi connectivity index (χ4v) is 5.40. The molecule has 0 aliphatic rings. The van der Waals surface area contributed by atoms with E-state index in [0.29, 0.717) is 33.9 Å². The molecular formula is C33H34N6O5S. The molecule has 0 radical (unpaired) electrons. The van der Waals surface area contributed by atoms with Gasteiger partial charge < -0.3 is 25.0 Å². The molecule has 232 valence electrons. The van der Waals surface area contributed by atoms with Crippen molar-refractivity contribution in [2.24, 2.45) is 0 Å². The van der Waals surface area contributed by atoms with Gasteiger partial charge in [-0.2, -0.15) is 0 Å². The number of nitrogens with zero attached hydrogens (tertiary/aromatic N) is 4. The lowest BCUT2D eigenvalue weighted by atomic mass is 10.2. The quantitative estimate of drug-likeness (QED) is 0.145. The van der Waals surface area contributed by atoms with Crippen molar-refractivity contribution in [3.05, 3.63) is 97.1 Å². The van der Waals surface area contributed by atoms with E-state index >= 15 is 0 Å². The molecule has 0 atom stereocenters. The minimum Gasteiger partial charge on any atom is -0.497 e. The molecule has 0 saturated heterocycles. The van der Waals surface area contributed by atoms with Crippen molar-refractivity contribution in [1.29, 1.82) is 0 Å². The molecule has 0 aliphatic heterocycles. The average molecular weight is 627 g/mol. The van der Waals surface area contributed by atoms with Gasteiger partial charge in [0, 0.05) is 41.3 Å². The molecule has 0 aliphatic carbocycles. The van der Waals surface area contributed by atoms with Crippen LogP contribution in [0.25, 0.3) is 11.0 Å². The average Bonchev–Trinajstić information content (AvgIpc) is 3.04. The van der Waals surface area contributed by atoms with Gasteiger partial charge in [0.25, 0.3) is 0 Å². The van der Waals surface area contributed by atoms with E-state index < -0.39 is 10.9 Å². The van der Waals surface area contributed by atoms with Crippen LogP contribution in [-0.2, 0) is 15.7 Å². The van der Waals surface area contributed by atoms with Crippen molar-refractivity contribution in [1.82, 2.24) is 9.97 Å². The monoisotopic (exact) mass is 626 g/mol. The number of para-hydroxylation sites is 3. The number of thiol groups is 1. The molecule has 1 heterocycles. The maximum Gasteiger partial charge on any atom is 0.243 e. The maximum absolute atomic E-state index is 13.2. The van der Waals surface area contributed by atoms with Crippen LogP contribution < -0.4 is 29.3 Å². The van der Waals surface area contributed by atoms with Crippen LogP contribution in [0, 0.1) is 0 Å². The highest BCUT2D eigenvalue weighted by molar-refractivity contribution is 7.74. The fraction of sp³-hybridized carbons (Fsp3) is 0.182. The third kappa shape index (κ3) is 7.42. The second kappa shape index (κ2) is 14.0. The number of carbonyl (C=O) groups excluding carboxylic acids is 1. The molecule has 1 amide bonds. The Balaban J connectivity index is 1.50. The smallest absolute Gasteiger partial charge is 0.243 e. The van der Waals surface area contributed by atoms with Gasteiger partial charge in [-0.1, -0.05) is 36.4 Å². The van der Waals surface area contributed by atoms with E-state index in [2.05, 4.69) is 10.6 Å². The summed E-state index contributed by atoms with van der Waals surface area (Å²) in [6.07, 6.45) is 0. The lowest BCUT2D eigenvalue weighted by molar-refractivity contribution is -0.115. The second-order valence-electron chi connectivity index (χ2n) is 10.3. The summed E-state index contributed by atoms with van der Waals surface area (Å²) >= 11 is 0. The van der Waals surface area contributed by atoms with Crippen molar-refractivity contribution in [2.45, 2.75) is 19.9 Å². The normalized spacial score (nSPS) is 11.0. The Morgan fingerprint density at radius 2 is 1.40 bits per heavy atom. The van der Waals surface area contributed by atoms with Crippen LogP contribution in [0.5, 0.6) is 11.5 Å². The van der Waals surface area contributed by atoms with Crippen molar-refractivity contribution >= 4 is 62.2 Å². The number of anilines is 6. The SMILES string of the molecule is COc1cc(Nc2nc3ccccc3nc2N(c2cccc(NC(=O)CN(c3ccccc3)C(C)C)c2)[SH](=O)=O)cc(OC)c1. The van der Waals surface area contributed by atoms with Gasteiger partial charge in [0.15, 0.2) is 11.6 Å². The predicted molar refractivity (Wildman–Crippen MR) is 179 cm³/mol. The summed E-state index contributed by atoms with van der Waals surface area (Å²) in [6.45, 7) is 4.14. The van der Waals surface area contributed by atoms with Gasteiger partial charge in [-0.25, -0.2) is 22.7 Å². The van der Waals surface area contributed by atoms with Crippen LogP contribution in [0.3, 0.4) is 0 Å². The van der Waals surface area contributed by atoms with Crippen LogP contribution in [0.1, 0.15) is 13.8 Å². The number of aromatic nitrogens is 2. The first-order valence-corrected chi connectivity index (χ1v) is 15.3. The number of fused-ring (bicyclic) bond motifs is 1. The van der Waals surface area contributed by atoms with E-state index in [1.165, 1.54) is 14.2 Å². The highest BCUT2D eigenvalue weighted by Crippen LogP contribution is 2.36. The van der Waals surface area contributed by atoms with E-state index in [1.807, 2.05) is 55.1 Å². The van der Waals surface area contributed by atoms with Gasteiger partial charge in [-0.05, 0) is 56.3 Å². The lowest BCUT2D eigenvalue weighted by Crippen LogP contribution is -2.38. The highest BCUT2D eigenvalue weighted by atomic mass is 32.2. The summed E-state index contributed by atoms with van der Waals surface area (Å²) in [5.74, 6) is 1.05. The van der Waals surface area contributed by atoms with Crippen molar-refractivity contribution < 1.29 is 22.7 Å². The molecule has 0 fully saturated rings. The number of hydrogen-bond acceptors (Lipinski definition) is 9. The van der Waals surface area contributed by atoms with E-state index in [1.54, 1.807) is 60.7 Å². The van der Waals surface area contributed by atoms with E-state index in [-0.39, 0.29) is 35.8 Å². The van der Waals surface area contributed by atoms with Crippen LogP contribution in [0.15, 0.2) is 97.1 Å². The molecule has 5 aromatic rings. The van der Waals surface area contributed by atoms with Gasteiger partial charge in [0.05, 0.1) is 37.5 Å². The first-order chi connectivity index (χ1) is 21.7. The van der Waals surface area contributed by atoms with Crippen LogP contribution >= 0.6 is 0 Å². The molecule has 0 bridgehead atoms. The zero-order valence-electron chi connectivity index (χ0n) is 25.3. The van der Waals surface area contributed by atoms with Gasteiger partial charge in [0.2, 0.25) is 16.8 Å². The third-order valence-corrected chi connectivity index (χ3v) is 7.68. The van der Waals surface area contributed by atoms with E-state index in [4.69, 9.17) is 19.4 Å². The highest BCUT2D eigenvalue weighted by Gasteiger charge is 2.22. The summed E-state index contributed by atoms with van der Waals surface area (Å²) < 4.78 is 37.6. The molecule has 0 saturated carbocycles. The van der Waals surface area contributed by atoms with Gasteiger partial charge in [-0.3, -0.25) is 4.79 Å². The molecule has 12 heteroatoms. The van der Waals surface area contributed by atoms with Gasteiger partial charge in [0.1, 0.15) is 11.5 Å². The van der Waals surface area contributed by atoms with Crippen LogP contribution in [-0.4, -0.2) is 51.1 Å². The molecule has 2 N–H and O–H groups in total. The standard InChI is InChI=1S/C33H34N6O5S/c1-22(2)38(25-12-6-5-7-13-25)21-31(40)34-23-11-10-14-26(17-23)39(45(41)42)33-32(36-29-15-8-9-16-30(29)37-33)35-24-18-27(43-3)20-28(19-24)44-4/h5-20,22,45H,21H2,1-4H3,(H,34,40)(H,35,36). The summed E-state index contributed by atoms with van der Waals surface area (Å²) in [6, 6.07) is 28.7. The molecule has 0 spiro atoms. The van der Waals surface area contributed by atoms with Crippen molar-refractivity contribution in [3.8, 4) is 11.5 Å². The third-order valence-electron chi connectivity index (χ3n) is 6.93. The number of hydrogen-bond donors (Lipinski definition) is 3. The van der Waals surface area contributed by atoms with Gasteiger partial charge >= 0.3 is 0 Å². The number of carbonyl (C=O) groups is 1. The Bertz CT molecular complexity index is 1850. The van der Waals surface area contributed by atoms with Gasteiger partial charge in [-0.15, -0.1) is 0 Å². The Morgan fingerprint density at radius 1 is 0.778 bits per heavy atom. The van der Waals surface area contributed by atoms with Crippen LogP contribution in [0.2, 0.25) is 0 Å². The number of nitrogens with one attached hydrogen (secondary N) is 2. The number of amides is 1. The number of rotatable bonds is 12. The molecule has 11 nitrogen and oxygen atoms in total. The molecule has 5 rings (SSSR count).